The van der Waals surface area contributed by atoms with Gasteiger partial charge in [0.25, 0.3) is 0 Å². The highest BCUT2D eigenvalue weighted by Gasteiger charge is 2.42. The normalized spacial score (nSPS) is 30.6. The van der Waals surface area contributed by atoms with Crippen molar-refractivity contribution in [3.63, 3.8) is 0 Å². The Morgan fingerprint density at radius 1 is 1.35 bits per heavy atom. The molecule has 3 rings (SSSR count). The summed E-state index contributed by atoms with van der Waals surface area (Å²) >= 11 is 0. The molecule has 2 bridgehead atoms. The first-order chi connectivity index (χ1) is 9.47. The Morgan fingerprint density at radius 2 is 2.15 bits per heavy atom. The Morgan fingerprint density at radius 3 is 2.75 bits per heavy atom. The van der Waals surface area contributed by atoms with Crippen LogP contribution in [0.5, 0.6) is 0 Å². The minimum atomic E-state index is -3.74. The van der Waals surface area contributed by atoms with E-state index in [1.807, 2.05) is 6.92 Å². The Hall–Kier alpha value is -1.14. The van der Waals surface area contributed by atoms with Crippen LogP contribution in [-0.4, -0.2) is 19.4 Å². The molecule has 1 aromatic heterocycles. The summed E-state index contributed by atoms with van der Waals surface area (Å²) < 4.78 is 27.3. The first kappa shape index (κ1) is 13.8. The molecular formula is C14H20N2O3S. The van der Waals surface area contributed by atoms with Crippen LogP contribution < -0.4 is 10.2 Å². The molecule has 0 saturated heterocycles. The van der Waals surface area contributed by atoms with Gasteiger partial charge in [0, 0.05) is 24.5 Å². The SMILES string of the molecule is CC(NS(=O)(=O)c1c[nH]ccc1=O)C1CC2CCC1C2. The third-order valence-electron chi connectivity index (χ3n) is 4.85. The zero-order chi connectivity index (χ0) is 14.3. The average Bonchev–Trinajstić information content (AvgIpc) is 3.00. The second-order valence-electron chi connectivity index (χ2n) is 6.12. The summed E-state index contributed by atoms with van der Waals surface area (Å²) in [5.41, 5.74) is -0.476. The van der Waals surface area contributed by atoms with E-state index in [4.69, 9.17) is 0 Å². The lowest BCUT2D eigenvalue weighted by atomic mass is 9.84. The van der Waals surface area contributed by atoms with Crippen molar-refractivity contribution in [3.8, 4) is 0 Å². The summed E-state index contributed by atoms with van der Waals surface area (Å²) in [6.45, 7) is 1.92. The van der Waals surface area contributed by atoms with Crippen molar-refractivity contribution >= 4 is 10.0 Å². The van der Waals surface area contributed by atoms with Gasteiger partial charge >= 0.3 is 0 Å². The molecule has 20 heavy (non-hydrogen) atoms. The second-order valence-corrected chi connectivity index (χ2v) is 7.80. The number of fused-ring (bicyclic) bond motifs is 2. The molecule has 2 aliphatic carbocycles. The zero-order valence-electron chi connectivity index (χ0n) is 11.5. The van der Waals surface area contributed by atoms with Crippen LogP contribution in [0.1, 0.15) is 32.6 Å². The van der Waals surface area contributed by atoms with Crippen molar-refractivity contribution in [2.24, 2.45) is 17.8 Å². The van der Waals surface area contributed by atoms with Gasteiger partial charge in [0.05, 0.1) is 0 Å². The molecule has 4 unspecified atom stereocenters. The van der Waals surface area contributed by atoms with Crippen LogP contribution in [-0.2, 0) is 10.0 Å². The Bertz CT molecular complexity index is 652. The van der Waals surface area contributed by atoms with Gasteiger partial charge in [-0.05, 0) is 43.9 Å². The Kier molecular flexibility index (Phi) is 3.46. The number of rotatable bonds is 4. The fraction of sp³-hybridized carbons (Fsp3) is 0.643. The zero-order valence-corrected chi connectivity index (χ0v) is 12.3. The molecule has 4 atom stereocenters. The summed E-state index contributed by atoms with van der Waals surface area (Å²) in [5, 5.41) is 0. The summed E-state index contributed by atoms with van der Waals surface area (Å²) in [6, 6.07) is 1.12. The van der Waals surface area contributed by atoms with Gasteiger partial charge < -0.3 is 4.98 Å². The van der Waals surface area contributed by atoms with Crippen molar-refractivity contribution in [2.45, 2.75) is 43.5 Å². The van der Waals surface area contributed by atoms with Crippen LogP contribution in [0.3, 0.4) is 0 Å². The molecule has 0 spiro atoms. The van der Waals surface area contributed by atoms with Crippen LogP contribution in [0.15, 0.2) is 28.2 Å². The summed E-state index contributed by atoms with van der Waals surface area (Å²) in [4.78, 5) is 14.1. The quantitative estimate of drug-likeness (QED) is 0.883. The van der Waals surface area contributed by atoms with E-state index in [1.165, 1.54) is 37.7 Å². The van der Waals surface area contributed by atoms with Crippen molar-refractivity contribution in [1.29, 1.82) is 0 Å². The number of hydrogen-bond acceptors (Lipinski definition) is 3. The van der Waals surface area contributed by atoms with Crippen molar-refractivity contribution in [3.05, 3.63) is 28.7 Å². The minimum Gasteiger partial charge on any atom is -0.366 e. The fourth-order valence-electron chi connectivity index (χ4n) is 3.91. The number of aromatic amines is 1. The van der Waals surface area contributed by atoms with Gasteiger partial charge in [-0.15, -0.1) is 0 Å². The van der Waals surface area contributed by atoms with Gasteiger partial charge in [0.2, 0.25) is 15.5 Å². The number of nitrogens with one attached hydrogen (secondary N) is 2. The molecular weight excluding hydrogens is 276 g/mol. The van der Waals surface area contributed by atoms with Crippen LogP contribution in [0.2, 0.25) is 0 Å². The van der Waals surface area contributed by atoms with E-state index in [0.717, 1.165) is 12.3 Å². The molecule has 2 saturated carbocycles. The van der Waals surface area contributed by atoms with Gasteiger partial charge in [-0.2, -0.15) is 0 Å². The van der Waals surface area contributed by atoms with Crippen molar-refractivity contribution in [1.82, 2.24) is 9.71 Å². The summed E-state index contributed by atoms with van der Waals surface area (Å²) in [5.74, 6) is 1.83. The van der Waals surface area contributed by atoms with Gasteiger partial charge in [0.1, 0.15) is 4.90 Å². The van der Waals surface area contributed by atoms with Crippen LogP contribution in [0.25, 0.3) is 0 Å². The van der Waals surface area contributed by atoms with E-state index in [2.05, 4.69) is 9.71 Å². The molecule has 0 amide bonds. The van der Waals surface area contributed by atoms with Gasteiger partial charge in [-0.1, -0.05) is 6.42 Å². The van der Waals surface area contributed by atoms with Crippen molar-refractivity contribution in [2.75, 3.05) is 0 Å². The number of pyridine rings is 1. The smallest absolute Gasteiger partial charge is 0.246 e. The predicted octanol–water partition coefficient (Wildman–Crippen LogP) is 1.48. The topological polar surface area (TPSA) is 79.0 Å². The highest BCUT2D eigenvalue weighted by atomic mass is 32.2. The van der Waals surface area contributed by atoms with E-state index >= 15 is 0 Å². The maximum absolute atomic E-state index is 12.3. The number of sulfonamides is 1. The van der Waals surface area contributed by atoms with Crippen molar-refractivity contribution < 1.29 is 8.42 Å². The summed E-state index contributed by atoms with van der Waals surface area (Å²) in [6.07, 6.45) is 7.54. The van der Waals surface area contributed by atoms with E-state index in [0.29, 0.717) is 11.8 Å². The molecule has 6 heteroatoms. The molecule has 2 fully saturated rings. The first-order valence-electron chi connectivity index (χ1n) is 7.17. The Balaban J connectivity index is 1.77. The summed E-state index contributed by atoms with van der Waals surface area (Å²) in [7, 11) is -3.74. The predicted molar refractivity (Wildman–Crippen MR) is 75.8 cm³/mol. The molecule has 5 nitrogen and oxygen atoms in total. The molecule has 0 aromatic carbocycles. The van der Waals surface area contributed by atoms with Gasteiger partial charge in [-0.25, -0.2) is 13.1 Å². The highest BCUT2D eigenvalue weighted by Crippen LogP contribution is 2.49. The van der Waals surface area contributed by atoms with Gasteiger partial charge in [-0.3, -0.25) is 4.79 Å². The number of H-pyrrole nitrogens is 1. The Labute approximate surface area is 118 Å². The average molecular weight is 296 g/mol. The highest BCUT2D eigenvalue weighted by molar-refractivity contribution is 7.89. The molecule has 2 N–H and O–H groups in total. The van der Waals surface area contributed by atoms with Gasteiger partial charge in [0.15, 0.2) is 0 Å². The molecule has 2 aliphatic rings. The lowest BCUT2D eigenvalue weighted by Crippen LogP contribution is -2.41. The number of aromatic nitrogens is 1. The molecule has 1 heterocycles. The van der Waals surface area contributed by atoms with Crippen LogP contribution in [0.4, 0.5) is 0 Å². The van der Waals surface area contributed by atoms with E-state index in [-0.39, 0.29) is 10.9 Å². The molecule has 0 aliphatic heterocycles. The molecule has 110 valence electrons. The maximum Gasteiger partial charge on any atom is 0.246 e. The fourth-order valence-corrected chi connectivity index (χ4v) is 5.26. The third kappa shape index (κ3) is 2.42. The maximum atomic E-state index is 12.3. The number of hydrogen-bond donors (Lipinski definition) is 2. The van der Waals surface area contributed by atoms with E-state index in [1.54, 1.807) is 0 Å². The molecule has 1 aromatic rings. The first-order valence-corrected chi connectivity index (χ1v) is 8.65. The lowest BCUT2D eigenvalue weighted by Gasteiger charge is -2.28. The monoisotopic (exact) mass is 296 g/mol. The molecule has 0 radical (unpaired) electrons. The van der Waals surface area contributed by atoms with E-state index in [9.17, 15) is 13.2 Å². The minimum absolute atomic E-state index is 0.116. The lowest BCUT2D eigenvalue weighted by molar-refractivity contribution is 0.280. The standard InChI is InChI=1S/C14H20N2O3S/c1-9(12-7-10-2-3-11(12)6-10)16-20(18,19)14-8-15-5-4-13(14)17/h4-5,8-12,16H,2-3,6-7H2,1H3,(H,15,17). The van der Waals surface area contributed by atoms with Crippen LogP contribution in [0, 0.1) is 17.8 Å². The second kappa shape index (κ2) is 5.00. The van der Waals surface area contributed by atoms with Crippen LogP contribution >= 0.6 is 0 Å². The third-order valence-corrected chi connectivity index (χ3v) is 6.43. The van der Waals surface area contributed by atoms with E-state index < -0.39 is 15.5 Å². The largest absolute Gasteiger partial charge is 0.366 e.